The Morgan fingerprint density at radius 2 is 1.04 bits per heavy atom. The molecule has 0 spiro atoms. The molecule has 0 aliphatic rings. The van der Waals surface area contributed by atoms with Crippen molar-refractivity contribution in [3.8, 4) is 0 Å². The number of phosphoric acid groups is 1. The lowest BCUT2D eigenvalue weighted by Crippen LogP contribution is -2.27. The van der Waals surface area contributed by atoms with Gasteiger partial charge in [0.05, 0.1) is 13.2 Å². The summed E-state index contributed by atoms with van der Waals surface area (Å²) in [7, 11) is -4.41. The molecule has 9 nitrogen and oxygen atoms in total. The Balaban J connectivity index is 3.66. The van der Waals surface area contributed by atoms with Gasteiger partial charge < -0.3 is 20.1 Å². The van der Waals surface area contributed by atoms with Gasteiger partial charge in [-0.2, -0.15) is 0 Å². The van der Waals surface area contributed by atoms with Crippen LogP contribution in [0.5, 0.6) is 0 Å². The lowest BCUT2D eigenvalue weighted by atomic mass is 10.1. The summed E-state index contributed by atoms with van der Waals surface area (Å²) in [4.78, 5) is 33.8. The average molecular weight is 754 g/mol. The van der Waals surface area contributed by atoms with Gasteiger partial charge in [0.25, 0.3) is 0 Å². The third kappa shape index (κ3) is 39.2. The molecule has 3 N–H and O–H groups in total. The molecule has 0 radical (unpaired) electrons. The van der Waals surface area contributed by atoms with E-state index < -0.39 is 26.5 Å². The molecule has 0 rings (SSSR count). The molecule has 0 fully saturated rings. The molecule has 0 heterocycles. The van der Waals surface area contributed by atoms with Crippen LogP contribution >= 0.6 is 7.82 Å². The molecule has 0 bridgehead atoms. The van der Waals surface area contributed by atoms with Crippen molar-refractivity contribution in [3.05, 3.63) is 48.6 Å². The summed E-state index contributed by atoms with van der Waals surface area (Å²) < 4.78 is 26.8. The minimum atomic E-state index is -4.41. The topological polar surface area (TPSA) is 131 Å². The van der Waals surface area contributed by atoms with Crippen LogP contribution in [0.2, 0.25) is 0 Å². The zero-order valence-electron chi connectivity index (χ0n) is 33.0. The molecule has 10 heteroatoms. The van der Waals surface area contributed by atoms with E-state index in [0.29, 0.717) is 12.8 Å². The van der Waals surface area contributed by atoms with Crippen LogP contribution in [-0.2, 0) is 27.9 Å². The first kappa shape index (κ1) is 50.0. The summed E-state index contributed by atoms with van der Waals surface area (Å²) in [6, 6.07) is 0. The maximum atomic E-state index is 12.1. The Bertz CT molecular complexity index is 996. The van der Waals surface area contributed by atoms with E-state index in [9.17, 15) is 24.2 Å². The van der Waals surface area contributed by atoms with Crippen molar-refractivity contribution < 1.29 is 37.9 Å². The maximum Gasteiger partial charge on any atom is 0.472 e. The SMILES string of the molecule is CCCCC/C=C\C/C=C\C/C=C\C/C=C\CCCCCCCC(=O)OCC(O)COP(=O)(O)OCCNC(=O)CCCCCCCCCCCC. The highest BCUT2D eigenvalue weighted by Crippen LogP contribution is 2.42. The molecule has 52 heavy (non-hydrogen) atoms. The van der Waals surface area contributed by atoms with Crippen LogP contribution in [0.1, 0.15) is 174 Å². The summed E-state index contributed by atoms with van der Waals surface area (Å²) in [5, 5.41) is 12.7. The fraction of sp³-hybridized carbons (Fsp3) is 0.762. The predicted molar refractivity (Wildman–Crippen MR) is 215 cm³/mol. The molecule has 0 aliphatic heterocycles. The highest BCUT2D eigenvalue weighted by Gasteiger charge is 2.23. The van der Waals surface area contributed by atoms with E-state index in [4.69, 9.17) is 13.8 Å². The van der Waals surface area contributed by atoms with Crippen LogP contribution in [0.3, 0.4) is 0 Å². The van der Waals surface area contributed by atoms with Gasteiger partial charge >= 0.3 is 13.8 Å². The van der Waals surface area contributed by atoms with Gasteiger partial charge in [-0.05, 0) is 57.8 Å². The summed E-state index contributed by atoms with van der Waals surface area (Å²) in [6.07, 6.45) is 43.2. The highest BCUT2D eigenvalue weighted by atomic mass is 31.2. The third-order valence-corrected chi connectivity index (χ3v) is 9.50. The first-order chi connectivity index (χ1) is 25.3. The normalized spacial score (nSPS) is 13.8. The van der Waals surface area contributed by atoms with E-state index in [1.54, 1.807) is 0 Å². The van der Waals surface area contributed by atoms with Crippen molar-refractivity contribution in [2.24, 2.45) is 0 Å². The fourth-order valence-electron chi connectivity index (χ4n) is 5.36. The lowest BCUT2D eigenvalue weighted by Gasteiger charge is -2.15. The second-order valence-corrected chi connectivity index (χ2v) is 15.1. The van der Waals surface area contributed by atoms with Crippen LogP contribution in [0.15, 0.2) is 48.6 Å². The minimum absolute atomic E-state index is 0.0794. The molecular formula is C42H76NO8P. The number of ether oxygens (including phenoxy) is 1. The van der Waals surface area contributed by atoms with Crippen LogP contribution in [-0.4, -0.2) is 54.3 Å². The number of amides is 1. The van der Waals surface area contributed by atoms with Gasteiger partial charge in [-0.1, -0.05) is 152 Å². The quantitative estimate of drug-likeness (QED) is 0.0246. The molecule has 0 saturated heterocycles. The monoisotopic (exact) mass is 754 g/mol. The Kier molecular flexibility index (Phi) is 37.2. The number of carbonyl (C=O) groups excluding carboxylic acids is 2. The molecule has 2 atom stereocenters. The number of carbonyl (C=O) groups is 2. The summed E-state index contributed by atoms with van der Waals surface area (Å²) in [5.41, 5.74) is 0. The van der Waals surface area contributed by atoms with E-state index in [0.717, 1.165) is 70.6 Å². The summed E-state index contributed by atoms with van der Waals surface area (Å²) in [5.74, 6) is -0.537. The molecular weight excluding hydrogens is 677 g/mol. The lowest BCUT2D eigenvalue weighted by molar-refractivity contribution is -0.147. The number of rotatable bonds is 38. The van der Waals surface area contributed by atoms with Gasteiger partial charge in [0.1, 0.15) is 12.7 Å². The van der Waals surface area contributed by atoms with E-state index in [1.807, 2.05) is 0 Å². The van der Waals surface area contributed by atoms with Gasteiger partial charge in [0.2, 0.25) is 5.91 Å². The van der Waals surface area contributed by atoms with Crippen molar-refractivity contribution in [3.63, 3.8) is 0 Å². The molecule has 302 valence electrons. The number of nitrogens with one attached hydrogen (secondary N) is 1. The third-order valence-electron chi connectivity index (χ3n) is 8.51. The molecule has 0 aromatic carbocycles. The van der Waals surface area contributed by atoms with Crippen molar-refractivity contribution in [1.29, 1.82) is 0 Å². The molecule has 0 aromatic rings. The molecule has 0 aliphatic carbocycles. The molecule has 0 aromatic heterocycles. The Labute approximate surface area is 317 Å². The van der Waals surface area contributed by atoms with Gasteiger partial charge in [0, 0.05) is 19.4 Å². The van der Waals surface area contributed by atoms with Crippen LogP contribution < -0.4 is 5.32 Å². The Morgan fingerprint density at radius 3 is 1.60 bits per heavy atom. The number of hydrogen-bond donors (Lipinski definition) is 3. The number of hydrogen-bond acceptors (Lipinski definition) is 7. The van der Waals surface area contributed by atoms with E-state index >= 15 is 0 Å². The summed E-state index contributed by atoms with van der Waals surface area (Å²) in [6.45, 7) is 3.48. The van der Waals surface area contributed by atoms with Gasteiger partial charge in [-0.3, -0.25) is 18.6 Å². The van der Waals surface area contributed by atoms with Gasteiger partial charge in [-0.15, -0.1) is 0 Å². The molecule has 0 saturated carbocycles. The van der Waals surface area contributed by atoms with Gasteiger partial charge in [0.15, 0.2) is 0 Å². The average Bonchev–Trinajstić information content (AvgIpc) is 3.13. The van der Waals surface area contributed by atoms with E-state index in [-0.39, 0.29) is 32.1 Å². The molecule has 1 amide bonds. The Hall–Kier alpha value is -2.03. The fourth-order valence-corrected chi connectivity index (χ4v) is 6.12. The van der Waals surface area contributed by atoms with E-state index in [1.165, 1.54) is 70.6 Å². The number of aliphatic hydroxyl groups is 1. The van der Waals surface area contributed by atoms with Crippen molar-refractivity contribution >= 4 is 19.7 Å². The zero-order valence-corrected chi connectivity index (χ0v) is 33.9. The zero-order chi connectivity index (χ0) is 38.2. The van der Waals surface area contributed by atoms with Crippen molar-refractivity contribution in [1.82, 2.24) is 5.32 Å². The van der Waals surface area contributed by atoms with Crippen molar-refractivity contribution in [2.75, 3.05) is 26.4 Å². The second kappa shape index (κ2) is 38.7. The predicted octanol–water partition coefficient (Wildman–Crippen LogP) is 11.2. The smallest absolute Gasteiger partial charge is 0.463 e. The number of allylic oxidation sites excluding steroid dienone is 8. The first-order valence-electron chi connectivity index (χ1n) is 20.6. The maximum absolute atomic E-state index is 12.1. The van der Waals surface area contributed by atoms with Gasteiger partial charge in [-0.25, -0.2) is 4.57 Å². The number of aliphatic hydroxyl groups excluding tert-OH is 1. The van der Waals surface area contributed by atoms with Crippen LogP contribution in [0, 0.1) is 0 Å². The number of phosphoric ester groups is 1. The first-order valence-corrected chi connectivity index (χ1v) is 22.1. The highest BCUT2D eigenvalue weighted by molar-refractivity contribution is 7.47. The van der Waals surface area contributed by atoms with E-state index in [2.05, 4.69) is 67.8 Å². The Morgan fingerprint density at radius 1 is 0.596 bits per heavy atom. The molecule has 2 unspecified atom stereocenters. The number of esters is 1. The van der Waals surface area contributed by atoms with Crippen molar-refractivity contribution in [2.45, 2.75) is 180 Å². The standard InChI is InChI=1S/C42H76NO8P/c1-3-5-7-9-11-13-15-16-17-18-19-20-21-22-23-24-25-27-29-31-33-35-42(46)49-38-40(44)39-51-52(47,48)50-37-36-43-41(45)34-32-30-28-26-14-12-10-8-6-4-2/h11,13,16-17,19-20,22-23,40,44H,3-10,12,14-15,18,21,24-39H2,1-2H3,(H,43,45)(H,47,48)/b13-11-,17-16-,20-19-,23-22-. The second-order valence-electron chi connectivity index (χ2n) is 13.6. The summed E-state index contributed by atoms with van der Waals surface area (Å²) >= 11 is 0. The minimum Gasteiger partial charge on any atom is -0.463 e. The van der Waals surface area contributed by atoms with Crippen LogP contribution in [0.25, 0.3) is 0 Å². The number of unbranched alkanes of at least 4 members (excludes halogenated alkanes) is 17. The van der Waals surface area contributed by atoms with Crippen LogP contribution in [0.4, 0.5) is 0 Å². The largest absolute Gasteiger partial charge is 0.472 e.